The highest BCUT2D eigenvalue weighted by atomic mass is 14.9. The Balaban J connectivity index is 3.18. The van der Waals surface area contributed by atoms with Gasteiger partial charge in [-0.1, -0.05) is 51.7 Å². The summed E-state index contributed by atoms with van der Waals surface area (Å²) in [6.07, 6.45) is 16.6. The van der Waals surface area contributed by atoms with Crippen molar-refractivity contribution in [2.75, 3.05) is 6.54 Å². The molecule has 1 heteroatoms. The quantitative estimate of drug-likeness (QED) is 0.370. The Labute approximate surface area is 109 Å². The van der Waals surface area contributed by atoms with E-state index in [9.17, 15) is 0 Å². The van der Waals surface area contributed by atoms with Crippen LogP contribution in [0.25, 0.3) is 0 Å². The van der Waals surface area contributed by atoms with E-state index < -0.39 is 0 Å². The minimum absolute atomic E-state index is 0.700. The molecule has 1 N–H and O–H groups in total. The van der Waals surface area contributed by atoms with Gasteiger partial charge in [-0.15, -0.1) is 0 Å². The molecule has 0 heterocycles. The molecule has 0 aliphatic heterocycles. The summed E-state index contributed by atoms with van der Waals surface area (Å²) in [5.41, 5.74) is 0. The number of nitrogens with one attached hydrogen (secondary N) is 1. The maximum atomic E-state index is 3.58. The molecule has 0 radical (unpaired) electrons. The molecule has 0 spiro atoms. The van der Waals surface area contributed by atoms with E-state index in [1.165, 1.54) is 64.3 Å². The summed E-state index contributed by atoms with van der Waals surface area (Å²) < 4.78 is 0. The summed E-state index contributed by atoms with van der Waals surface area (Å²) in [4.78, 5) is 0. The minimum atomic E-state index is 0.700. The van der Waals surface area contributed by atoms with Gasteiger partial charge in [0.25, 0.3) is 0 Å². The van der Waals surface area contributed by atoms with Gasteiger partial charge in [0.1, 0.15) is 0 Å². The Bertz CT molecular complexity index is 163. The molecule has 102 valence electrons. The Hall–Kier alpha value is -0.300. The molecule has 0 aromatic rings. The summed E-state index contributed by atoms with van der Waals surface area (Å²) in [7, 11) is 0. The molecule has 0 bridgehead atoms. The molecule has 0 rings (SSSR count). The van der Waals surface area contributed by atoms with Crippen molar-refractivity contribution in [1.82, 2.24) is 5.32 Å². The number of hydrogen-bond donors (Lipinski definition) is 1. The summed E-state index contributed by atoms with van der Waals surface area (Å²) in [5.74, 6) is 0. The Kier molecular flexibility index (Phi) is 13.5. The first kappa shape index (κ1) is 16.7. The molecule has 17 heavy (non-hydrogen) atoms. The Morgan fingerprint density at radius 1 is 0.882 bits per heavy atom. The summed E-state index contributed by atoms with van der Waals surface area (Å²) >= 11 is 0. The normalized spacial score (nSPS) is 13.4. The first-order chi connectivity index (χ1) is 8.31. The zero-order chi connectivity index (χ0) is 12.8. The molecular weight excluding hydrogens is 206 g/mol. The highest BCUT2D eigenvalue weighted by molar-refractivity contribution is 4.81. The fourth-order valence-corrected chi connectivity index (χ4v) is 1.90. The van der Waals surface area contributed by atoms with Crippen molar-refractivity contribution >= 4 is 0 Å². The molecule has 1 nitrogen and oxygen atoms in total. The van der Waals surface area contributed by atoms with E-state index in [2.05, 4.69) is 38.2 Å². The van der Waals surface area contributed by atoms with Crippen molar-refractivity contribution in [3.8, 4) is 0 Å². The third-order valence-corrected chi connectivity index (χ3v) is 3.17. The number of rotatable bonds is 12. The fourth-order valence-electron chi connectivity index (χ4n) is 1.90. The lowest BCUT2D eigenvalue weighted by molar-refractivity contribution is 0.483. The number of unbranched alkanes of at least 4 members (excludes halogenated alkanes) is 5. The van der Waals surface area contributed by atoms with Crippen LogP contribution in [0.1, 0.15) is 78.6 Å². The fraction of sp³-hybridized carbons (Fsp3) is 0.875. The molecule has 1 unspecified atom stereocenters. The van der Waals surface area contributed by atoms with Crippen LogP contribution < -0.4 is 5.32 Å². The summed E-state index contributed by atoms with van der Waals surface area (Å²) in [6.45, 7) is 8.00. The molecular formula is C16H33N. The van der Waals surface area contributed by atoms with Gasteiger partial charge in [-0.2, -0.15) is 0 Å². The maximum absolute atomic E-state index is 3.58. The van der Waals surface area contributed by atoms with Crippen molar-refractivity contribution in [2.24, 2.45) is 0 Å². The van der Waals surface area contributed by atoms with Gasteiger partial charge in [0.05, 0.1) is 0 Å². The third kappa shape index (κ3) is 13.6. The van der Waals surface area contributed by atoms with Gasteiger partial charge >= 0.3 is 0 Å². The third-order valence-electron chi connectivity index (χ3n) is 3.17. The molecule has 1 atom stereocenters. The first-order valence-corrected chi connectivity index (χ1v) is 7.69. The van der Waals surface area contributed by atoms with E-state index in [1.807, 2.05) is 0 Å². The van der Waals surface area contributed by atoms with Gasteiger partial charge in [-0.05, 0) is 45.6 Å². The van der Waals surface area contributed by atoms with E-state index in [0.717, 1.165) is 0 Å². The van der Waals surface area contributed by atoms with E-state index in [0.29, 0.717) is 6.04 Å². The van der Waals surface area contributed by atoms with Crippen molar-refractivity contribution in [2.45, 2.75) is 84.6 Å². The average molecular weight is 239 g/mol. The van der Waals surface area contributed by atoms with Crippen LogP contribution in [-0.4, -0.2) is 12.6 Å². The van der Waals surface area contributed by atoms with Crippen LogP contribution in [0.15, 0.2) is 12.2 Å². The lowest BCUT2D eigenvalue weighted by atomic mass is 10.1. The van der Waals surface area contributed by atoms with E-state index in [4.69, 9.17) is 0 Å². The molecule has 0 aliphatic rings. The minimum Gasteiger partial charge on any atom is -0.314 e. The zero-order valence-electron chi connectivity index (χ0n) is 12.3. The second kappa shape index (κ2) is 13.8. The molecule has 0 aliphatic carbocycles. The predicted octanol–water partition coefficient (Wildman–Crippen LogP) is 5.07. The van der Waals surface area contributed by atoms with Crippen LogP contribution in [0.2, 0.25) is 0 Å². The second-order valence-electron chi connectivity index (χ2n) is 5.11. The highest BCUT2D eigenvalue weighted by Crippen LogP contribution is 2.05. The molecule has 0 saturated heterocycles. The lowest BCUT2D eigenvalue weighted by Gasteiger charge is -2.12. The van der Waals surface area contributed by atoms with Gasteiger partial charge in [-0.25, -0.2) is 0 Å². The average Bonchev–Trinajstić information content (AvgIpc) is 2.33. The molecule has 0 aromatic heterocycles. The second-order valence-corrected chi connectivity index (χ2v) is 5.11. The molecule has 0 fully saturated rings. The van der Waals surface area contributed by atoms with E-state index >= 15 is 0 Å². The van der Waals surface area contributed by atoms with Crippen LogP contribution in [0.4, 0.5) is 0 Å². The lowest BCUT2D eigenvalue weighted by Crippen LogP contribution is -2.26. The van der Waals surface area contributed by atoms with Gasteiger partial charge in [0, 0.05) is 6.04 Å². The standard InChI is InChI=1S/C16H33N/c1-4-6-8-9-10-11-12-13-14-16(3)17-15-7-5-2/h9-10,16-17H,4-8,11-15H2,1-3H3/b10-9+. The Morgan fingerprint density at radius 3 is 2.18 bits per heavy atom. The van der Waals surface area contributed by atoms with Crippen LogP contribution >= 0.6 is 0 Å². The number of allylic oxidation sites excluding steroid dienone is 2. The molecule has 0 aromatic carbocycles. The number of hydrogen-bond acceptors (Lipinski definition) is 1. The van der Waals surface area contributed by atoms with Gasteiger partial charge in [0.15, 0.2) is 0 Å². The van der Waals surface area contributed by atoms with Gasteiger partial charge in [0.2, 0.25) is 0 Å². The smallest absolute Gasteiger partial charge is 0.00387 e. The van der Waals surface area contributed by atoms with Crippen LogP contribution in [0.5, 0.6) is 0 Å². The van der Waals surface area contributed by atoms with Crippen molar-refractivity contribution < 1.29 is 0 Å². The predicted molar refractivity (Wildman–Crippen MR) is 79.5 cm³/mol. The maximum Gasteiger partial charge on any atom is 0.00387 e. The summed E-state index contributed by atoms with van der Waals surface area (Å²) in [6, 6.07) is 0.700. The monoisotopic (exact) mass is 239 g/mol. The highest BCUT2D eigenvalue weighted by Gasteiger charge is 1.99. The molecule has 0 amide bonds. The topological polar surface area (TPSA) is 12.0 Å². The van der Waals surface area contributed by atoms with Gasteiger partial charge < -0.3 is 5.32 Å². The largest absolute Gasteiger partial charge is 0.314 e. The summed E-state index contributed by atoms with van der Waals surface area (Å²) in [5, 5.41) is 3.58. The SMILES string of the molecule is CCCC/C=C/CCCCC(C)NCCCC. The van der Waals surface area contributed by atoms with Crippen molar-refractivity contribution in [1.29, 1.82) is 0 Å². The Morgan fingerprint density at radius 2 is 1.53 bits per heavy atom. The van der Waals surface area contributed by atoms with E-state index in [1.54, 1.807) is 0 Å². The van der Waals surface area contributed by atoms with Gasteiger partial charge in [-0.3, -0.25) is 0 Å². The van der Waals surface area contributed by atoms with Crippen molar-refractivity contribution in [3.05, 3.63) is 12.2 Å². The first-order valence-electron chi connectivity index (χ1n) is 7.69. The van der Waals surface area contributed by atoms with Crippen LogP contribution in [-0.2, 0) is 0 Å². The zero-order valence-corrected chi connectivity index (χ0v) is 12.3. The van der Waals surface area contributed by atoms with Crippen LogP contribution in [0.3, 0.4) is 0 Å². The van der Waals surface area contributed by atoms with E-state index in [-0.39, 0.29) is 0 Å². The van der Waals surface area contributed by atoms with Crippen molar-refractivity contribution in [3.63, 3.8) is 0 Å². The van der Waals surface area contributed by atoms with Crippen LogP contribution in [0, 0.1) is 0 Å². The molecule has 0 saturated carbocycles.